The highest BCUT2D eigenvalue weighted by molar-refractivity contribution is 8.00. The highest BCUT2D eigenvalue weighted by atomic mass is 35.5. The molecule has 0 aromatic heterocycles. The van der Waals surface area contributed by atoms with Gasteiger partial charge in [0.15, 0.2) is 0 Å². The number of esters is 1. The Hall–Kier alpha value is -1.65. The van der Waals surface area contributed by atoms with Crippen LogP contribution in [0.15, 0.2) is 53.4 Å². The van der Waals surface area contributed by atoms with Crippen LogP contribution in [0.3, 0.4) is 0 Å². The second-order valence-corrected chi connectivity index (χ2v) is 6.26. The third-order valence-electron chi connectivity index (χ3n) is 2.80. The molecule has 0 fully saturated rings. The van der Waals surface area contributed by atoms with E-state index in [1.165, 1.54) is 11.8 Å². The minimum Gasteiger partial charge on any atom is -0.442 e. The van der Waals surface area contributed by atoms with Gasteiger partial charge in [-0.2, -0.15) is 0 Å². The lowest BCUT2D eigenvalue weighted by Gasteiger charge is -2.33. The summed E-state index contributed by atoms with van der Waals surface area (Å²) >= 11 is 7.17. The maximum Gasteiger partial charge on any atom is 0.345 e. The number of thioether (sulfide) groups is 1. The SMILES string of the molecule is CC1(Sc2ccc(Cl)cc2)OC(=O)c2ccccc2O1. The molecule has 0 N–H and O–H groups in total. The molecule has 1 atom stereocenters. The smallest absolute Gasteiger partial charge is 0.345 e. The Balaban J connectivity index is 1.87. The van der Waals surface area contributed by atoms with Gasteiger partial charge in [0.05, 0.1) is 0 Å². The van der Waals surface area contributed by atoms with Gasteiger partial charge < -0.3 is 9.47 Å². The molecular formula is C15H11ClO3S. The molecule has 3 nitrogen and oxygen atoms in total. The van der Waals surface area contributed by atoms with Gasteiger partial charge in [-0.25, -0.2) is 4.79 Å². The van der Waals surface area contributed by atoms with Gasteiger partial charge in [-0.15, -0.1) is 0 Å². The van der Waals surface area contributed by atoms with Crippen molar-refractivity contribution in [2.24, 2.45) is 0 Å². The lowest BCUT2D eigenvalue weighted by molar-refractivity contribution is -0.0738. The van der Waals surface area contributed by atoms with E-state index in [-0.39, 0.29) is 5.97 Å². The molecule has 0 radical (unpaired) electrons. The van der Waals surface area contributed by atoms with Crippen LogP contribution in [0, 0.1) is 0 Å². The number of cyclic esters (lactones) is 1. The Morgan fingerprint density at radius 1 is 1.05 bits per heavy atom. The largest absolute Gasteiger partial charge is 0.442 e. The van der Waals surface area contributed by atoms with E-state index in [4.69, 9.17) is 21.1 Å². The zero-order valence-corrected chi connectivity index (χ0v) is 12.2. The van der Waals surface area contributed by atoms with Crippen LogP contribution in [0.1, 0.15) is 17.3 Å². The van der Waals surface area contributed by atoms with Crippen molar-refractivity contribution in [1.29, 1.82) is 0 Å². The van der Waals surface area contributed by atoms with Crippen molar-refractivity contribution in [3.8, 4) is 5.75 Å². The monoisotopic (exact) mass is 306 g/mol. The van der Waals surface area contributed by atoms with Crippen LogP contribution < -0.4 is 4.74 Å². The summed E-state index contributed by atoms with van der Waals surface area (Å²) in [4.78, 5) is 12.9. The lowest BCUT2D eigenvalue weighted by Crippen LogP contribution is -2.38. The molecule has 0 saturated carbocycles. The average molecular weight is 307 g/mol. The van der Waals surface area contributed by atoms with Crippen molar-refractivity contribution in [3.05, 3.63) is 59.1 Å². The summed E-state index contributed by atoms with van der Waals surface area (Å²) in [5.41, 5.74) is 0.446. The summed E-state index contributed by atoms with van der Waals surface area (Å²) in [7, 11) is 0. The van der Waals surface area contributed by atoms with Gasteiger partial charge >= 0.3 is 11.1 Å². The van der Waals surface area contributed by atoms with Crippen LogP contribution >= 0.6 is 23.4 Å². The molecular weight excluding hydrogens is 296 g/mol. The average Bonchev–Trinajstić information content (AvgIpc) is 2.41. The molecule has 1 heterocycles. The molecule has 2 aromatic carbocycles. The maximum absolute atomic E-state index is 12.0. The summed E-state index contributed by atoms with van der Waals surface area (Å²) in [6.45, 7) is 1.72. The van der Waals surface area contributed by atoms with Gasteiger partial charge in [0, 0.05) is 16.8 Å². The van der Waals surface area contributed by atoms with Crippen LogP contribution in [-0.4, -0.2) is 11.1 Å². The van der Waals surface area contributed by atoms with Crippen molar-refractivity contribution >= 4 is 29.3 Å². The van der Waals surface area contributed by atoms with Gasteiger partial charge in [0.2, 0.25) is 0 Å². The van der Waals surface area contributed by atoms with E-state index in [9.17, 15) is 4.79 Å². The number of fused-ring (bicyclic) bond motifs is 1. The zero-order chi connectivity index (χ0) is 14.2. The fourth-order valence-corrected chi connectivity index (χ4v) is 3.00. The number of carbonyl (C=O) groups excluding carboxylic acids is 1. The predicted molar refractivity (Wildman–Crippen MR) is 78.2 cm³/mol. The summed E-state index contributed by atoms with van der Waals surface area (Å²) < 4.78 is 11.2. The van der Waals surface area contributed by atoms with Gasteiger partial charge in [-0.1, -0.05) is 23.7 Å². The first-order valence-corrected chi connectivity index (χ1v) is 7.21. The molecule has 3 rings (SSSR count). The minimum atomic E-state index is -1.08. The van der Waals surface area contributed by atoms with Crippen LogP contribution in [0.2, 0.25) is 5.02 Å². The quantitative estimate of drug-likeness (QED) is 0.773. The molecule has 0 spiro atoms. The van der Waals surface area contributed by atoms with Gasteiger partial charge in [-0.05, 0) is 48.2 Å². The molecule has 2 aromatic rings. The van der Waals surface area contributed by atoms with Crippen LogP contribution in [0.5, 0.6) is 5.75 Å². The van der Waals surface area contributed by atoms with E-state index >= 15 is 0 Å². The van der Waals surface area contributed by atoms with E-state index in [0.717, 1.165) is 4.90 Å². The Bertz CT molecular complexity index is 656. The predicted octanol–water partition coefficient (Wildman–Crippen LogP) is 4.36. The van der Waals surface area contributed by atoms with E-state index in [0.29, 0.717) is 16.3 Å². The Morgan fingerprint density at radius 3 is 2.50 bits per heavy atom. The third-order valence-corrected chi connectivity index (χ3v) is 4.09. The summed E-state index contributed by atoms with van der Waals surface area (Å²) in [5, 5.41) is -0.425. The summed E-state index contributed by atoms with van der Waals surface area (Å²) in [5.74, 6) is 0.156. The first kappa shape index (κ1) is 13.3. The fraction of sp³-hybridized carbons (Fsp3) is 0.133. The van der Waals surface area contributed by atoms with E-state index in [1.807, 2.05) is 18.2 Å². The molecule has 20 heavy (non-hydrogen) atoms. The number of ether oxygens (including phenoxy) is 2. The van der Waals surface area contributed by atoms with Crippen molar-refractivity contribution in [2.75, 3.05) is 0 Å². The second-order valence-electron chi connectivity index (χ2n) is 4.41. The second kappa shape index (κ2) is 5.04. The molecule has 1 aliphatic rings. The number of hydrogen-bond donors (Lipinski definition) is 0. The standard InChI is InChI=1S/C15H11ClO3S/c1-15(20-11-8-6-10(16)7-9-11)18-13-5-3-2-4-12(13)14(17)19-15/h2-9H,1H3. The van der Waals surface area contributed by atoms with Gasteiger partial charge in [-0.3, -0.25) is 0 Å². The lowest BCUT2D eigenvalue weighted by atomic mass is 10.2. The fourth-order valence-electron chi connectivity index (χ4n) is 1.93. The number of benzene rings is 2. The number of para-hydroxylation sites is 1. The normalized spacial score (nSPS) is 20.8. The zero-order valence-electron chi connectivity index (χ0n) is 10.6. The maximum atomic E-state index is 12.0. The minimum absolute atomic E-state index is 0.379. The first-order valence-electron chi connectivity index (χ1n) is 6.02. The molecule has 0 amide bonds. The number of rotatable bonds is 2. The third kappa shape index (κ3) is 2.62. The van der Waals surface area contributed by atoms with Crippen molar-refractivity contribution < 1.29 is 14.3 Å². The van der Waals surface area contributed by atoms with E-state index < -0.39 is 5.12 Å². The Morgan fingerprint density at radius 2 is 1.75 bits per heavy atom. The van der Waals surface area contributed by atoms with E-state index in [1.54, 1.807) is 37.3 Å². The van der Waals surface area contributed by atoms with Gasteiger partial charge in [0.1, 0.15) is 11.3 Å². The number of carbonyl (C=O) groups is 1. The Labute approximate surface area is 125 Å². The molecule has 1 unspecified atom stereocenters. The van der Waals surface area contributed by atoms with Crippen LogP contribution in [-0.2, 0) is 4.74 Å². The topological polar surface area (TPSA) is 35.5 Å². The molecule has 1 aliphatic heterocycles. The van der Waals surface area contributed by atoms with E-state index in [2.05, 4.69) is 0 Å². The molecule has 0 aliphatic carbocycles. The summed E-state index contributed by atoms with van der Waals surface area (Å²) in [6.07, 6.45) is 0. The summed E-state index contributed by atoms with van der Waals surface area (Å²) in [6, 6.07) is 14.3. The molecule has 5 heteroatoms. The molecule has 0 bridgehead atoms. The number of halogens is 1. The van der Waals surface area contributed by atoms with Crippen molar-refractivity contribution in [2.45, 2.75) is 16.9 Å². The van der Waals surface area contributed by atoms with Crippen molar-refractivity contribution in [3.63, 3.8) is 0 Å². The van der Waals surface area contributed by atoms with Crippen molar-refractivity contribution in [1.82, 2.24) is 0 Å². The van der Waals surface area contributed by atoms with Crippen LogP contribution in [0.4, 0.5) is 0 Å². The van der Waals surface area contributed by atoms with Crippen LogP contribution in [0.25, 0.3) is 0 Å². The highest BCUT2D eigenvalue weighted by Crippen LogP contribution is 2.41. The molecule has 0 saturated heterocycles. The number of hydrogen-bond acceptors (Lipinski definition) is 4. The highest BCUT2D eigenvalue weighted by Gasteiger charge is 2.39. The molecule has 102 valence electrons. The first-order chi connectivity index (χ1) is 9.56. The van der Waals surface area contributed by atoms with Gasteiger partial charge in [0.25, 0.3) is 0 Å². The Kier molecular flexibility index (Phi) is 3.36.